The van der Waals surface area contributed by atoms with E-state index in [1.807, 2.05) is 0 Å². The van der Waals surface area contributed by atoms with E-state index in [0.29, 0.717) is 12.1 Å². The Balaban J connectivity index is 2.98. The lowest BCUT2D eigenvalue weighted by atomic mass is 10.1. The Morgan fingerprint density at radius 1 is 0.957 bits per heavy atom. The van der Waals surface area contributed by atoms with Gasteiger partial charge < -0.3 is 10.6 Å². The Kier molecular flexibility index (Phi) is 5.46. The summed E-state index contributed by atoms with van der Waals surface area (Å²) in [6.07, 6.45) is -9.97. The number of hydrogen-bond acceptors (Lipinski definition) is 3. The van der Waals surface area contributed by atoms with E-state index in [1.54, 1.807) is 5.32 Å². The number of hydrogen-bond donors (Lipinski definition) is 3. The lowest BCUT2D eigenvalue weighted by Gasteiger charge is -2.15. The van der Waals surface area contributed by atoms with E-state index in [1.165, 1.54) is 7.05 Å². The van der Waals surface area contributed by atoms with Gasteiger partial charge in [-0.15, -0.1) is 0 Å². The molecule has 0 aliphatic carbocycles. The summed E-state index contributed by atoms with van der Waals surface area (Å²) in [5, 5.41) is 5.96. The monoisotopic (exact) mass is 343 g/mol. The largest absolute Gasteiger partial charge is 0.416 e. The minimum atomic E-state index is -4.98. The third kappa shape index (κ3) is 5.68. The van der Waals surface area contributed by atoms with Crippen LogP contribution in [0.15, 0.2) is 18.2 Å². The summed E-state index contributed by atoms with van der Waals surface area (Å²) in [7, 11) is 1.22. The number of carbonyl (C=O) groups is 2. The molecule has 1 aromatic carbocycles. The van der Waals surface area contributed by atoms with Gasteiger partial charge in [-0.2, -0.15) is 26.3 Å². The maximum atomic E-state index is 12.6. The van der Waals surface area contributed by atoms with Gasteiger partial charge in [0, 0.05) is 12.7 Å². The molecule has 0 bridgehead atoms. The second-order valence-corrected chi connectivity index (χ2v) is 4.28. The zero-order chi connectivity index (χ0) is 17.8. The molecule has 0 heterocycles. The molecular formula is C12H11F6N3O2. The van der Waals surface area contributed by atoms with Crippen LogP contribution in [0.3, 0.4) is 0 Å². The summed E-state index contributed by atoms with van der Waals surface area (Å²) in [4.78, 5) is 22.1. The van der Waals surface area contributed by atoms with Crippen LogP contribution in [0.4, 0.5) is 36.8 Å². The van der Waals surface area contributed by atoms with E-state index in [4.69, 9.17) is 0 Å². The van der Waals surface area contributed by atoms with Crippen molar-refractivity contribution in [2.75, 3.05) is 18.9 Å². The van der Waals surface area contributed by atoms with Gasteiger partial charge in [0.15, 0.2) is 0 Å². The van der Waals surface area contributed by atoms with Gasteiger partial charge >= 0.3 is 18.4 Å². The van der Waals surface area contributed by atoms with Gasteiger partial charge in [-0.3, -0.25) is 10.1 Å². The van der Waals surface area contributed by atoms with Gasteiger partial charge in [-0.25, -0.2) is 4.79 Å². The molecule has 3 N–H and O–H groups in total. The molecule has 1 rings (SSSR count). The number of urea groups is 1. The molecular weight excluding hydrogens is 332 g/mol. The molecule has 1 aromatic rings. The average molecular weight is 343 g/mol. The van der Waals surface area contributed by atoms with Crippen molar-refractivity contribution in [3.05, 3.63) is 29.3 Å². The molecule has 23 heavy (non-hydrogen) atoms. The molecule has 5 nitrogen and oxygen atoms in total. The van der Waals surface area contributed by atoms with Crippen LogP contribution in [0.5, 0.6) is 0 Å². The molecule has 0 aliphatic rings. The van der Waals surface area contributed by atoms with Gasteiger partial charge in [0.05, 0.1) is 17.7 Å². The van der Waals surface area contributed by atoms with Gasteiger partial charge in [-0.1, -0.05) is 0 Å². The van der Waals surface area contributed by atoms with Crippen molar-refractivity contribution in [3.8, 4) is 0 Å². The summed E-state index contributed by atoms with van der Waals surface area (Å²) in [6, 6.07) is -0.0301. The third-order valence-electron chi connectivity index (χ3n) is 2.52. The first kappa shape index (κ1) is 18.6. The van der Waals surface area contributed by atoms with Crippen molar-refractivity contribution >= 4 is 17.6 Å². The van der Waals surface area contributed by atoms with E-state index < -0.39 is 47.6 Å². The number of alkyl halides is 6. The minimum absolute atomic E-state index is 0.0320. The average Bonchev–Trinajstić information content (AvgIpc) is 2.42. The van der Waals surface area contributed by atoms with Crippen LogP contribution >= 0.6 is 0 Å². The summed E-state index contributed by atoms with van der Waals surface area (Å²) in [6.45, 7) is -0.688. The lowest BCUT2D eigenvalue weighted by molar-refractivity contribution is -0.143. The molecule has 0 saturated heterocycles. The normalized spacial score (nSPS) is 11.8. The zero-order valence-electron chi connectivity index (χ0n) is 11.5. The first-order chi connectivity index (χ1) is 10.4. The van der Waals surface area contributed by atoms with Gasteiger partial charge in [-0.05, 0) is 18.2 Å². The second kappa shape index (κ2) is 6.75. The predicted octanol–water partition coefficient (Wildman–Crippen LogP) is 2.59. The van der Waals surface area contributed by atoms with Crippen molar-refractivity contribution in [2.45, 2.75) is 12.4 Å². The lowest BCUT2D eigenvalue weighted by Crippen LogP contribution is -2.40. The maximum Gasteiger partial charge on any atom is 0.416 e. The topological polar surface area (TPSA) is 70.2 Å². The molecule has 0 fully saturated rings. The maximum absolute atomic E-state index is 12.6. The Bertz CT molecular complexity index is 565. The Hall–Kier alpha value is -2.46. The van der Waals surface area contributed by atoms with Crippen LogP contribution in [0, 0.1) is 0 Å². The highest BCUT2D eigenvalue weighted by Gasteiger charge is 2.36. The molecule has 128 valence electrons. The molecule has 0 aromatic heterocycles. The van der Waals surface area contributed by atoms with Crippen molar-refractivity contribution in [1.29, 1.82) is 0 Å². The van der Waals surface area contributed by atoms with Crippen LogP contribution in [0.1, 0.15) is 11.1 Å². The summed E-state index contributed by atoms with van der Waals surface area (Å²) >= 11 is 0. The molecule has 0 radical (unpaired) electrons. The van der Waals surface area contributed by atoms with Crippen LogP contribution in [0.2, 0.25) is 0 Å². The highest BCUT2D eigenvalue weighted by atomic mass is 19.4. The number of imide groups is 1. The molecule has 3 amide bonds. The van der Waals surface area contributed by atoms with Crippen molar-refractivity contribution in [3.63, 3.8) is 0 Å². The number of amides is 3. The fraction of sp³-hybridized carbons (Fsp3) is 0.333. The Morgan fingerprint density at radius 2 is 1.43 bits per heavy atom. The van der Waals surface area contributed by atoms with Crippen molar-refractivity contribution in [1.82, 2.24) is 10.6 Å². The molecule has 0 saturated carbocycles. The van der Waals surface area contributed by atoms with Gasteiger partial charge in [0.1, 0.15) is 0 Å². The number of benzene rings is 1. The minimum Gasteiger partial charge on any atom is -0.376 e. The fourth-order valence-corrected chi connectivity index (χ4v) is 1.47. The van der Waals surface area contributed by atoms with Crippen LogP contribution < -0.4 is 16.0 Å². The molecule has 0 spiro atoms. The quantitative estimate of drug-likeness (QED) is 0.739. The van der Waals surface area contributed by atoms with Crippen molar-refractivity contribution in [2.24, 2.45) is 0 Å². The fourth-order valence-electron chi connectivity index (χ4n) is 1.47. The summed E-state index contributed by atoms with van der Waals surface area (Å²) < 4.78 is 75.8. The molecule has 0 aliphatic heterocycles. The third-order valence-corrected chi connectivity index (χ3v) is 2.52. The van der Waals surface area contributed by atoms with Gasteiger partial charge in [0.2, 0.25) is 5.91 Å². The summed E-state index contributed by atoms with van der Waals surface area (Å²) in [5.41, 5.74) is -3.58. The first-order valence-electron chi connectivity index (χ1n) is 5.98. The first-order valence-corrected chi connectivity index (χ1v) is 5.98. The Morgan fingerprint density at radius 3 is 1.83 bits per heavy atom. The predicted molar refractivity (Wildman–Crippen MR) is 67.5 cm³/mol. The summed E-state index contributed by atoms with van der Waals surface area (Å²) in [5.74, 6) is -0.935. The van der Waals surface area contributed by atoms with E-state index in [-0.39, 0.29) is 6.07 Å². The van der Waals surface area contributed by atoms with E-state index >= 15 is 0 Å². The standard InChI is InChI=1S/C12H11F6N3O2/c1-19-10(23)21-9(22)5-20-8-3-6(11(13,14)15)2-7(4-8)12(16,17)18/h2-4,20H,5H2,1H3,(H2,19,21,22,23). The highest BCUT2D eigenvalue weighted by Crippen LogP contribution is 2.37. The molecule has 0 atom stereocenters. The Labute approximate surface area is 126 Å². The second-order valence-electron chi connectivity index (χ2n) is 4.28. The SMILES string of the molecule is CNC(=O)NC(=O)CNc1cc(C(F)(F)F)cc(C(F)(F)F)c1. The van der Waals surface area contributed by atoms with Crippen LogP contribution in [-0.4, -0.2) is 25.5 Å². The number of halogens is 6. The van der Waals surface area contributed by atoms with E-state index in [9.17, 15) is 35.9 Å². The van der Waals surface area contributed by atoms with Crippen LogP contribution in [0.25, 0.3) is 0 Å². The number of carbonyl (C=O) groups excluding carboxylic acids is 2. The molecule has 0 unspecified atom stereocenters. The van der Waals surface area contributed by atoms with Crippen LogP contribution in [-0.2, 0) is 17.1 Å². The number of rotatable bonds is 3. The van der Waals surface area contributed by atoms with Crippen molar-refractivity contribution < 1.29 is 35.9 Å². The highest BCUT2D eigenvalue weighted by molar-refractivity contribution is 5.96. The van der Waals surface area contributed by atoms with Gasteiger partial charge in [0.25, 0.3) is 0 Å². The smallest absolute Gasteiger partial charge is 0.376 e. The number of anilines is 1. The zero-order valence-corrected chi connectivity index (χ0v) is 11.5. The van der Waals surface area contributed by atoms with E-state index in [0.717, 1.165) is 0 Å². The molecule has 11 heteroatoms. The number of nitrogens with one attached hydrogen (secondary N) is 3. The van der Waals surface area contributed by atoms with E-state index in [2.05, 4.69) is 10.6 Å².